The van der Waals surface area contributed by atoms with Crippen molar-refractivity contribution in [3.8, 4) is 6.01 Å². The summed E-state index contributed by atoms with van der Waals surface area (Å²) in [6.07, 6.45) is 6.59. The number of aromatic nitrogens is 4. The highest BCUT2D eigenvalue weighted by molar-refractivity contribution is 5.97. The monoisotopic (exact) mass is 653 g/mol. The fraction of sp³-hybridized carbons (Fsp3) is 0.618. The molecule has 1 aliphatic heterocycles. The molecule has 2 aromatic heterocycles. The third-order valence-electron chi connectivity index (χ3n) is 8.26. The van der Waals surface area contributed by atoms with Crippen molar-refractivity contribution in [1.29, 1.82) is 0 Å². The molecule has 2 N–H and O–H groups in total. The van der Waals surface area contributed by atoms with Gasteiger partial charge in [-0.3, -0.25) is 19.2 Å². The van der Waals surface area contributed by atoms with Crippen LogP contribution in [0.5, 0.6) is 6.01 Å². The molecule has 1 saturated heterocycles. The minimum Gasteiger partial charge on any atom is -0.465 e. The molecule has 1 amide bonds. The summed E-state index contributed by atoms with van der Waals surface area (Å²) in [7, 11) is 1.38. The number of esters is 1. The number of anilines is 1. The van der Waals surface area contributed by atoms with E-state index >= 15 is 0 Å². The predicted molar refractivity (Wildman–Crippen MR) is 181 cm³/mol. The van der Waals surface area contributed by atoms with E-state index in [1.165, 1.54) is 7.11 Å². The van der Waals surface area contributed by atoms with Gasteiger partial charge in [-0.25, -0.2) is 9.59 Å². The van der Waals surface area contributed by atoms with Crippen LogP contribution in [0.4, 0.5) is 5.82 Å². The number of hydrogen-bond acceptors (Lipinski definition) is 10. The van der Waals surface area contributed by atoms with E-state index in [0.29, 0.717) is 49.3 Å². The lowest BCUT2D eigenvalue weighted by Gasteiger charge is -2.28. The number of aromatic amines is 1. The number of methoxy groups -OCH3 is 1. The van der Waals surface area contributed by atoms with Crippen molar-refractivity contribution >= 4 is 28.9 Å². The topological polar surface area (TPSA) is 144 Å². The Bertz CT molecular complexity index is 1480. The average Bonchev–Trinajstić information content (AvgIpc) is 3.40. The molecule has 3 heterocycles. The SMILES string of the molecule is CCCCCC(=O)Nc1nc(OCCCC)nc2c1[nH]c(=O)n2CCCN(CCCN1CCOCC1)Cc1cccc(C(=O)OC)c1. The van der Waals surface area contributed by atoms with Crippen molar-refractivity contribution in [3.63, 3.8) is 0 Å². The first-order valence-corrected chi connectivity index (χ1v) is 17.0. The first kappa shape index (κ1) is 36.0. The van der Waals surface area contributed by atoms with Crippen molar-refractivity contribution in [3.05, 3.63) is 45.9 Å². The lowest BCUT2D eigenvalue weighted by molar-refractivity contribution is -0.116. The summed E-state index contributed by atoms with van der Waals surface area (Å²) in [5.41, 5.74) is 2.03. The molecular weight excluding hydrogens is 602 g/mol. The van der Waals surface area contributed by atoms with Gasteiger partial charge in [0.05, 0.1) is 32.5 Å². The number of nitrogens with one attached hydrogen (secondary N) is 2. The smallest absolute Gasteiger partial charge is 0.337 e. The molecule has 3 aromatic rings. The first-order valence-electron chi connectivity index (χ1n) is 17.0. The van der Waals surface area contributed by atoms with Gasteiger partial charge < -0.3 is 24.5 Å². The number of carbonyl (C=O) groups is 2. The van der Waals surface area contributed by atoms with Crippen molar-refractivity contribution in [2.24, 2.45) is 0 Å². The quantitative estimate of drug-likeness (QED) is 0.134. The lowest BCUT2D eigenvalue weighted by Crippen LogP contribution is -2.38. The maximum atomic E-state index is 13.2. The Balaban J connectivity index is 1.49. The largest absolute Gasteiger partial charge is 0.465 e. The van der Waals surface area contributed by atoms with Gasteiger partial charge in [0, 0.05) is 39.1 Å². The first-order chi connectivity index (χ1) is 22.9. The summed E-state index contributed by atoms with van der Waals surface area (Å²) in [6, 6.07) is 7.66. The molecule has 0 atom stereocenters. The number of morpholine rings is 1. The fourth-order valence-electron chi connectivity index (χ4n) is 5.65. The number of hydrogen-bond donors (Lipinski definition) is 2. The van der Waals surface area contributed by atoms with Crippen LogP contribution in [-0.2, 0) is 27.4 Å². The van der Waals surface area contributed by atoms with Crippen molar-refractivity contribution in [2.75, 3.05) is 65.0 Å². The number of amides is 1. The summed E-state index contributed by atoms with van der Waals surface area (Å²) >= 11 is 0. The number of benzene rings is 1. The summed E-state index contributed by atoms with van der Waals surface area (Å²) < 4.78 is 17.8. The number of rotatable bonds is 20. The normalized spacial score (nSPS) is 13.7. The summed E-state index contributed by atoms with van der Waals surface area (Å²) in [5.74, 6) is -0.259. The molecular formula is C34H51N7O6. The van der Waals surface area contributed by atoms with Crippen LogP contribution in [0.15, 0.2) is 29.1 Å². The highest BCUT2D eigenvalue weighted by atomic mass is 16.5. The van der Waals surface area contributed by atoms with Gasteiger partial charge in [-0.1, -0.05) is 45.2 Å². The van der Waals surface area contributed by atoms with Gasteiger partial charge in [-0.15, -0.1) is 0 Å². The molecule has 0 aliphatic carbocycles. The highest BCUT2D eigenvalue weighted by Gasteiger charge is 2.19. The van der Waals surface area contributed by atoms with Crippen molar-refractivity contribution < 1.29 is 23.8 Å². The summed E-state index contributed by atoms with van der Waals surface area (Å²) in [6.45, 7) is 11.6. The average molecular weight is 654 g/mol. The van der Waals surface area contributed by atoms with Gasteiger partial charge in [-0.05, 0) is 56.5 Å². The minimum absolute atomic E-state index is 0.137. The van der Waals surface area contributed by atoms with Crippen LogP contribution in [-0.4, -0.2) is 101 Å². The lowest BCUT2D eigenvalue weighted by atomic mass is 10.1. The van der Waals surface area contributed by atoms with E-state index in [-0.39, 0.29) is 29.4 Å². The fourth-order valence-corrected chi connectivity index (χ4v) is 5.65. The highest BCUT2D eigenvalue weighted by Crippen LogP contribution is 2.22. The van der Waals surface area contributed by atoms with E-state index in [0.717, 1.165) is 90.0 Å². The number of fused-ring (bicyclic) bond motifs is 1. The minimum atomic E-state index is -0.360. The van der Waals surface area contributed by atoms with E-state index in [9.17, 15) is 14.4 Å². The van der Waals surface area contributed by atoms with Gasteiger partial charge in [0.1, 0.15) is 5.52 Å². The molecule has 0 radical (unpaired) electrons. The molecule has 13 nitrogen and oxygen atoms in total. The number of aryl methyl sites for hydroxylation is 1. The van der Waals surface area contributed by atoms with Gasteiger partial charge in [-0.2, -0.15) is 9.97 Å². The van der Waals surface area contributed by atoms with Crippen LogP contribution in [0.1, 0.15) is 81.1 Å². The Morgan fingerprint density at radius 3 is 2.53 bits per heavy atom. The second-order valence-electron chi connectivity index (χ2n) is 12.0. The number of carbonyl (C=O) groups excluding carboxylic acids is 2. The molecule has 0 bridgehead atoms. The molecule has 1 aliphatic rings. The Morgan fingerprint density at radius 2 is 1.79 bits per heavy atom. The van der Waals surface area contributed by atoms with Crippen LogP contribution in [0.2, 0.25) is 0 Å². The molecule has 1 fully saturated rings. The van der Waals surface area contributed by atoms with Crippen LogP contribution < -0.4 is 15.7 Å². The summed E-state index contributed by atoms with van der Waals surface area (Å²) in [5, 5.41) is 2.88. The van der Waals surface area contributed by atoms with Crippen LogP contribution >= 0.6 is 0 Å². The summed E-state index contributed by atoms with van der Waals surface area (Å²) in [4.78, 5) is 54.8. The third-order valence-corrected chi connectivity index (χ3v) is 8.26. The third kappa shape index (κ3) is 11.1. The number of ether oxygens (including phenoxy) is 3. The zero-order valence-corrected chi connectivity index (χ0v) is 28.2. The zero-order valence-electron chi connectivity index (χ0n) is 28.2. The van der Waals surface area contributed by atoms with Crippen LogP contribution in [0.3, 0.4) is 0 Å². The second-order valence-corrected chi connectivity index (χ2v) is 12.0. The Kier molecular flexibility index (Phi) is 14.7. The molecule has 0 unspecified atom stereocenters. The molecule has 258 valence electrons. The second kappa shape index (κ2) is 19.1. The van der Waals surface area contributed by atoms with Gasteiger partial charge in [0.2, 0.25) is 5.91 Å². The molecule has 0 spiro atoms. The van der Waals surface area contributed by atoms with Gasteiger partial charge >= 0.3 is 17.7 Å². The Morgan fingerprint density at radius 1 is 1.02 bits per heavy atom. The van der Waals surface area contributed by atoms with E-state index in [4.69, 9.17) is 14.2 Å². The van der Waals surface area contributed by atoms with E-state index in [2.05, 4.69) is 43.9 Å². The van der Waals surface area contributed by atoms with Gasteiger partial charge in [0.25, 0.3) is 0 Å². The number of imidazole rings is 1. The zero-order chi connectivity index (χ0) is 33.4. The van der Waals surface area contributed by atoms with E-state index < -0.39 is 0 Å². The van der Waals surface area contributed by atoms with E-state index in [1.54, 1.807) is 10.6 Å². The number of unbranched alkanes of at least 4 members (excludes halogenated alkanes) is 3. The van der Waals surface area contributed by atoms with Crippen molar-refractivity contribution in [2.45, 2.75) is 78.3 Å². The van der Waals surface area contributed by atoms with Crippen LogP contribution in [0.25, 0.3) is 11.2 Å². The number of H-pyrrole nitrogens is 1. The van der Waals surface area contributed by atoms with Gasteiger partial charge in [0.15, 0.2) is 11.5 Å². The molecule has 13 heteroatoms. The van der Waals surface area contributed by atoms with E-state index in [1.807, 2.05) is 18.2 Å². The molecule has 1 aromatic carbocycles. The maximum absolute atomic E-state index is 13.2. The molecule has 47 heavy (non-hydrogen) atoms. The predicted octanol–water partition coefficient (Wildman–Crippen LogP) is 4.22. The molecule has 0 saturated carbocycles. The maximum Gasteiger partial charge on any atom is 0.337 e. The van der Waals surface area contributed by atoms with Crippen molar-refractivity contribution in [1.82, 2.24) is 29.3 Å². The molecule has 4 rings (SSSR count). The van der Waals surface area contributed by atoms with Crippen LogP contribution in [0, 0.1) is 0 Å². The Hall–Kier alpha value is -3.81. The number of nitrogens with zero attached hydrogens (tertiary/aromatic N) is 5. The standard InChI is InChI=1S/C34H51N7O6/c1-4-6-8-14-28(42)35-30-29-31(38-33(37-30)47-21-7-5-2)41(34(44)36-29)18-11-17-40(16-10-15-39-19-22-46-23-20-39)25-26-12-9-13-27(24-26)32(43)45-3/h9,12-13,24H,4-8,10-11,14-23,25H2,1-3H3,(H,36,44)(H,35,37,38,42). The Labute approximate surface area is 277 Å².